The van der Waals surface area contributed by atoms with Gasteiger partial charge in [-0.2, -0.15) is 0 Å². The fraction of sp³-hybridized carbons (Fsp3) is 0.538. The molecule has 1 aliphatic carbocycles. The van der Waals surface area contributed by atoms with Crippen molar-refractivity contribution < 1.29 is 19.1 Å². The van der Waals surface area contributed by atoms with Gasteiger partial charge in [-0.15, -0.1) is 0 Å². The van der Waals surface area contributed by atoms with Crippen molar-refractivity contribution in [2.24, 2.45) is 10.8 Å². The Morgan fingerprint density at radius 3 is 2.33 bits per heavy atom. The largest absolute Gasteiger partial charge is 0.427 e. The predicted octanol–water partition coefficient (Wildman–Crippen LogP) is 6.61. The molecule has 0 saturated heterocycles. The molecule has 30 heavy (non-hydrogen) atoms. The Hall–Kier alpha value is -2.36. The highest BCUT2D eigenvalue weighted by atomic mass is 16.7. The lowest BCUT2D eigenvalue weighted by molar-refractivity contribution is -0.170. The van der Waals surface area contributed by atoms with Crippen molar-refractivity contribution in [2.45, 2.75) is 74.7 Å². The second-order valence-electron chi connectivity index (χ2n) is 9.69. The van der Waals surface area contributed by atoms with Crippen LogP contribution < -0.4 is 0 Å². The Balaban J connectivity index is 2.59. The van der Waals surface area contributed by atoms with E-state index < -0.39 is 17.4 Å². The number of carbonyl (C=O) groups is 2. The van der Waals surface area contributed by atoms with Gasteiger partial charge in [-0.25, -0.2) is 4.79 Å². The summed E-state index contributed by atoms with van der Waals surface area (Å²) in [6.45, 7) is 15.6. The number of esters is 2. The third kappa shape index (κ3) is 8.98. The van der Waals surface area contributed by atoms with Gasteiger partial charge in [0.25, 0.3) is 0 Å². The highest BCUT2D eigenvalue weighted by Crippen LogP contribution is 2.40. The van der Waals surface area contributed by atoms with Crippen LogP contribution in [-0.4, -0.2) is 18.7 Å². The van der Waals surface area contributed by atoms with Crippen molar-refractivity contribution in [2.75, 3.05) is 6.79 Å². The minimum Gasteiger partial charge on any atom is -0.427 e. The van der Waals surface area contributed by atoms with E-state index in [-0.39, 0.29) is 12.2 Å². The van der Waals surface area contributed by atoms with E-state index in [1.54, 1.807) is 20.8 Å². The first-order valence-electron chi connectivity index (χ1n) is 10.6. The number of hydrogen-bond acceptors (Lipinski definition) is 4. The van der Waals surface area contributed by atoms with Gasteiger partial charge in [-0.05, 0) is 77.4 Å². The molecule has 0 unspecified atom stereocenters. The molecule has 0 aliphatic heterocycles. The highest BCUT2D eigenvalue weighted by Gasteiger charge is 2.26. The van der Waals surface area contributed by atoms with Crippen LogP contribution in [0.2, 0.25) is 0 Å². The Morgan fingerprint density at radius 2 is 1.73 bits per heavy atom. The third-order valence-electron chi connectivity index (χ3n) is 5.12. The topological polar surface area (TPSA) is 52.6 Å². The van der Waals surface area contributed by atoms with E-state index >= 15 is 0 Å². The maximum absolute atomic E-state index is 11.8. The van der Waals surface area contributed by atoms with E-state index in [1.165, 1.54) is 36.5 Å². The monoisotopic (exact) mass is 414 g/mol. The van der Waals surface area contributed by atoms with Gasteiger partial charge >= 0.3 is 11.9 Å². The summed E-state index contributed by atoms with van der Waals surface area (Å²) in [5.41, 5.74) is 4.42. The van der Waals surface area contributed by atoms with Crippen LogP contribution in [0, 0.1) is 10.8 Å². The molecule has 1 aliphatic rings. The lowest BCUT2D eigenvalue weighted by atomic mass is 9.72. The fourth-order valence-corrected chi connectivity index (χ4v) is 3.27. The Bertz CT molecular complexity index is 780. The van der Waals surface area contributed by atoms with Crippen LogP contribution in [0.15, 0.2) is 58.7 Å². The standard InChI is InChI=1S/C26H38O4/c1-19(14-15-22-21(3)13-10-16-26(22,7)8)11-9-12-20(2)17-23(27)29-18-30-24(28)25(4,5)6/h9,11-12,14-15,17H,10,13,16,18H2,1-8H3/b12-9?,15-14?,19-11?,20-17-. The van der Waals surface area contributed by atoms with E-state index in [0.29, 0.717) is 0 Å². The summed E-state index contributed by atoms with van der Waals surface area (Å²) in [5, 5.41) is 0. The van der Waals surface area contributed by atoms with Crippen LogP contribution in [0.5, 0.6) is 0 Å². The lowest BCUT2D eigenvalue weighted by Crippen LogP contribution is -2.24. The molecule has 0 spiro atoms. The first kappa shape index (κ1) is 25.7. The molecule has 0 N–H and O–H groups in total. The number of rotatable bonds is 7. The minimum atomic E-state index is -0.623. The van der Waals surface area contributed by atoms with Crippen LogP contribution in [0.3, 0.4) is 0 Å². The Labute approximate surface area is 182 Å². The highest BCUT2D eigenvalue weighted by molar-refractivity contribution is 5.83. The molecule has 0 aromatic rings. The molecule has 4 heteroatoms. The number of hydrogen-bond donors (Lipinski definition) is 0. The number of carbonyl (C=O) groups excluding carboxylic acids is 2. The summed E-state index contributed by atoms with van der Waals surface area (Å²) >= 11 is 0. The molecule has 0 bridgehead atoms. The van der Waals surface area contributed by atoms with Crippen molar-refractivity contribution in [3.8, 4) is 0 Å². The third-order valence-corrected chi connectivity index (χ3v) is 5.12. The van der Waals surface area contributed by atoms with Crippen LogP contribution in [-0.2, 0) is 19.1 Å². The van der Waals surface area contributed by atoms with Gasteiger partial charge < -0.3 is 9.47 Å². The molecule has 166 valence electrons. The summed E-state index contributed by atoms with van der Waals surface area (Å²) in [5.74, 6) is -0.950. The molecule has 0 amide bonds. The van der Waals surface area contributed by atoms with Crippen molar-refractivity contribution in [3.05, 3.63) is 58.7 Å². The summed E-state index contributed by atoms with van der Waals surface area (Å²) < 4.78 is 9.84. The van der Waals surface area contributed by atoms with E-state index in [2.05, 4.69) is 39.8 Å². The predicted molar refractivity (Wildman–Crippen MR) is 123 cm³/mol. The summed E-state index contributed by atoms with van der Waals surface area (Å²) in [6.07, 6.45) is 15.2. The van der Waals surface area contributed by atoms with Gasteiger partial charge in [-0.3, -0.25) is 4.79 Å². The second kappa shape index (κ2) is 11.1. The molecule has 0 aromatic carbocycles. The molecule has 0 heterocycles. The molecular weight excluding hydrogens is 376 g/mol. The summed E-state index contributed by atoms with van der Waals surface area (Å²) in [4.78, 5) is 23.4. The first-order chi connectivity index (χ1) is 13.8. The number of allylic oxidation sites excluding steroid dienone is 9. The van der Waals surface area contributed by atoms with Crippen molar-refractivity contribution in [3.63, 3.8) is 0 Å². The fourth-order valence-electron chi connectivity index (χ4n) is 3.27. The molecule has 0 fully saturated rings. The van der Waals surface area contributed by atoms with Crippen molar-refractivity contribution in [1.29, 1.82) is 0 Å². The summed E-state index contributed by atoms with van der Waals surface area (Å²) in [7, 11) is 0. The van der Waals surface area contributed by atoms with Gasteiger partial charge in [-0.1, -0.05) is 55.4 Å². The molecule has 0 atom stereocenters. The lowest BCUT2D eigenvalue weighted by Gasteiger charge is -2.32. The average molecular weight is 415 g/mol. The van der Waals surface area contributed by atoms with E-state index in [0.717, 1.165) is 11.1 Å². The van der Waals surface area contributed by atoms with Gasteiger partial charge in [0.15, 0.2) is 0 Å². The van der Waals surface area contributed by atoms with E-state index in [4.69, 9.17) is 9.47 Å². The normalized spacial score (nSPS) is 18.3. The number of ether oxygens (including phenoxy) is 2. The summed E-state index contributed by atoms with van der Waals surface area (Å²) in [6, 6.07) is 0. The minimum absolute atomic E-state index is 0.232. The molecule has 0 saturated carbocycles. The van der Waals surface area contributed by atoms with Gasteiger partial charge in [0.05, 0.1) is 5.41 Å². The zero-order valence-corrected chi connectivity index (χ0v) is 19.9. The van der Waals surface area contributed by atoms with E-state index in [1.807, 2.05) is 25.2 Å². The van der Waals surface area contributed by atoms with Gasteiger partial charge in [0.2, 0.25) is 6.79 Å². The van der Waals surface area contributed by atoms with Crippen LogP contribution in [0.1, 0.15) is 74.7 Å². The average Bonchev–Trinajstić information content (AvgIpc) is 2.59. The Kier molecular flexibility index (Phi) is 9.54. The van der Waals surface area contributed by atoms with Crippen LogP contribution in [0.4, 0.5) is 0 Å². The Morgan fingerprint density at radius 1 is 1.07 bits per heavy atom. The van der Waals surface area contributed by atoms with E-state index in [9.17, 15) is 9.59 Å². The van der Waals surface area contributed by atoms with Gasteiger partial charge in [0.1, 0.15) is 0 Å². The van der Waals surface area contributed by atoms with Crippen molar-refractivity contribution in [1.82, 2.24) is 0 Å². The molecule has 4 nitrogen and oxygen atoms in total. The van der Waals surface area contributed by atoms with Crippen LogP contribution >= 0.6 is 0 Å². The maximum atomic E-state index is 11.8. The second-order valence-corrected chi connectivity index (χ2v) is 9.69. The van der Waals surface area contributed by atoms with Crippen LogP contribution in [0.25, 0.3) is 0 Å². The zero-order valence-electron chi connectivity index (χ0n) is 19.9. The quantitative estimate of drug-likeness (QED) is 0.204. The smallest absolute Gasteiger partial charge is 0.333 e. The maximum Gasteiger partial charge on any atom is 0.333 e. The molecular formula is C26H38O4. The van der Waals surface area contributed by atoms with Crippen molar-refractivity contribution >= 4 is 11.9 Å². The SMILES string of the molecule is CC(C=CC1=C(C)CCCC1(C)C)=CC=C/C(C)=C\C(=O)OCOC(=O)C(C)(C)C. The molecule has 0 radical (unpaired) electrons. The first-order valence-corrected chi connectivity index (χ1v) is 10.6. The molecule has 1 rings (SSSR count). The van der Waals surface area contributed by atoms with Gasteiger partial charge in [0, 0.05) is 6.08 Å². The zero-order chi connectivity index (χ0) is 22.9. The molecule has 0 aromatic heterocycles.